The number of aromatic nitrogens is 6. The van der Waals surface area contributed by atoms with Gasteiger partial charge in [-0.05, 0) is 38.0 Å². The summed E-state index contributed by atoms with van der Waals surface area (Å²) in [4.78, 5) is 10.9. The maximum Gasteiger partial charge on any atom is 0.267 e. The fraction of sp³-hybridized carbons (Fsp3) is 0.273. The lowest BCUT2D eigenvalue weighted by molar-refractivity contribution is 0.385. The fourth-order valence-electron chi connectivity index (χ4n) is 4.33. The summed E-state index contributed by atoms with van der Waals surface area (Å²) in [5, 5.41) is 8.08. The second-order valence-electron chi connectivity index (χ2n) is 8.28. The van der Waals surface area contributed by atoms with Crippen LogP contribution in [0.4, 0.5) is 14.5 Å². The van der Waals surface area contributed by atoms with E-state index >= 15 is 4.39 Å². The Bertz CT molecular complexity index is 1570. The maximum atomic E-state index is 15.6. The zero-order valence-electron chi connectivity index (χ0n) is 19.1. The van der Waals surface area contributed by atoms with Crippen molar-refractivity contribution in [2.75, 3.05) is 11.8 Å². The Kier molecular flexibility index (Phi) is 6.12. The highest BCUT2D eigenvalue weighted by atomic mass is 35.5. The molecule has 0 aliphatic carbocycles. The van der Waals surface area contributed by atoms with E-state index in [-0.39, 0.29) is 27.9 Å². The summed E-state index contributed by atoms with van der Waals surface area (Å²) in [6.45, 7) is 2.03. The van der Waals surface area contributed by atoms with Crippen LogP contribution in [0.1, 0.15) is 29.4 Å². The number of nitrogens with one attached hydrogen (secondary N) is 2. The van der Waals surface area contributed by atoms with Gasteiger partial charge in [-0.2, -0.15) is 0 Å². The Morgan fingerprint density at radius 2 is 2.06 bits per heavy atom. The van der Waals surface area contributed by atoms with Crippen LogP contribution >= 0.6 is 11.6 Å². The molecule has 14 heteroatoms. The molecule has 3 aromatic heterocycles. The molecule has 188 valence electrons. The van der Waals surface area contributed by atoms with Crippen molar-refractivity contribution in [3.63, 3.8) is 0 Å². The number of methoxy groups -OCH3 is 1. The third-order valence-corrected chi connectivity index (χ3v) is 7.53. The molecule has 1 atom stereocenters. The van der Waals surface area contributed by atoms with Crippen molar-refractivity contribution in [1.82, 2.24) is 29.7 Å². The number of ether oxygens (including phenoxy) is 1. The first-order valence-corrected chi connectivity index (χ1v) is 12.7. The van der Waals surface area contributed by atoms with E-state index in [1.807, 2.05) is 4.57 Å². The van der Waals surface area contributed by atoms with Crippen molar-refractivity contribution >= 4 is 27.3 Å². The predicted octanol–water partition coefficient (Wildman–Crippen LogP) is 3.84. The quantitative estimate of drug-likeness (QED) is 0.384. The highest BCUT2D eigenvalue weighted by Gasteiger charge is 2.31. The molecule has 0 spiro atoms. The van der Waals surface area contributed by atoms with Crippen molar-refractivity contribution in [2.24, 2.45) is 0 Å². The first kappa shape index (κ1) is 24.1. The molecule has 0 unspecified atom stereocenters. The van der Waals surface area contributed by atoms with E-state index in [9.17, 15) is 12.8 Å². The van der Waals surface area contributed by atoms with Gasteiger partial charge in [0, 0.05) is 29.9 Å². The van der Waals surface area contributed by atoms with Gasteiger partial charge in [0.2, 0.25) is 5.88 Å². The van der Waals surface area contributed by atoms with Gasteiger partial charge in [-0.15, -0.1) is 10.2 Å². The molecule has 0 fully saturated rings. The van der Waals surface area contributed by atoms with Gasteiger partial charge in [-0.25, -0.2) is 27.2 Å². The molecule has 10 nitrogen and oxygen atoms in total. The van der Waals surface area contributed by atoms with Crippen molar-refractivity contribution in [2.45, 2.75) is 37.1 Å². The zero-order valence-corrected chi connectivity index (χ0v) is 20.7. The normalized spacial score (nSPS) is 15.5. The molecule has 0 bridgehead atoms. The van der Waals surface area contributed by atoms with E-state index in [0.29, 0.717) is 30.2 Å². The molecular formula is C22H20ClF2N7O3S. The SMILES string of the molecule is COc1ncc(Cl)cc1S(=O)(=O)Nc1ccc(F)c([C@H]2CCc3c(-c4nnc(C)[nH]4)ncn3C2)c1F. The smallest absolute Gasteiger partial charge is 0.267 e. The van der Waals surface area contributed by atoms with Crippen LogP contribution in [0.3, 0.4) is 0 Å². The number of sulfonamides is 1. The van der Waals surface area contributed by atoms with Gasteiger partial charge in [0.05, 0.1) is 24.1 Å². The van der Waals surface area contributed by atoms with Crippen LogP contribution in [0.2, 0.25) is 5.02 Å². The molecule has 2 N–H and O–H groups in total. The monoisotopic (exact) mass is 535 g/mol. The van der Waals surface area contributed by atoms with E-state index in [2.05, 4.69) is 29.9 Å². The number of hydrogen-bond acceptors (Lipinski definition) is 7. The van der Waals surface area contributed by atoms with Gasteiger partial charge in [0.1, 0.15) is 17.3 Å². The van der Waals surface area contributed by atoms with E-state index in [1.165, 1.54) is 13.3 Å². The number of aromatic amines is 1. The van der Waals surface area contributed by atoms with E-state index in [4.69, 9.17) is 16.3 Å². The number of halogens is 3. The number of imidazole rings is 1. The van der Waals surface area contributed by atoms with Crippen LogP contribution in [0.15, 0.2) is 35.6 Å². The standard InChI is InChI=1S/C22H20ClF2N7O3S/c1-11-28-21(30-29-11)20-16-6-3-12(9-32(16)10-27-20)18-14(24)4-5-15(19(18)25)31-36(33,34)17-7-13(23)8-26-22(17)35-2/h4-5,7-8,10,12,31H,3,6,9H2,1-2H3,(H,28,29,30)/t12-/m0/s1. The summed E-state index contributed by atoms with van der Waals surface area (Å²) in [5.41, 5.74) is 0.909. The second kappa shape index (κ2) is 9.13. The van der Waals surface area contributed by atoms with Gasteiger partial charge >= 0.3 is 0 Å². The van der Waals surface area contributed by atoms with Crippen molar-refractivity contribution in [3.8, 4) is 17.4 Å². The minimum absolute atomic E-state index is 0.0506. The molecule has 4 aromatic rings. The summed E-state index contributed by atoms with van der Waals surface area (Å²) >= 11 is 5.89. The summed E-state index contributed by atoms with van der Waals surface area (Å²) in [6, 6.07) is 3.20. The van der Waals surface area contributed by atoms with E-state index < -0.39 is 33.3 Å². The Balaban J connectivity index is 1.45. The summed E-state index contributed by atoms with van der Waals surface area (Å²) in [7, 11) is -3.11. The van der Waals surface area contributed by atoms with E-state index in [1.54, 1.807) is 13.3 Å². The van der Waals surface area contributed by atoms with Crippen LogP contribution < -0.4 is 9.46 Å². The van der Waals surface area contributed by atoms with Gasteiger partial charge in [0.25, 0.3) is 10.0 Å². The molecule has 1 aromatic carbocycles. The molecular weight excluding hydrogens is 516 g/mol. The van der Waals surface area contributed by atoms with Crippen molar-refractivity contribution in [3.05, 3.63) is 64.5 Å². The largest absolute Gasteiger partial charge is 0.480 e. The number of benzene rings is 1. The number of fused-ring (bicyclic) bond motifs is 1. The highest BCUT2D eigenvalue weighted by Crippen LogP contribution is 2.37. The third-order valence-electron chi connectivity index (χ3n) is 5.96. The lowest BCUT2D eigenvalue weighted by Crippen LogP contribution is -2.22. The van der Waals surface area contributed by atoms with Gasteiger partial charge in [-0.1, -0.05) is 11.6 Å². The Morgan fingerprint density at radius 3 is 2.78 bits per heavy atom. The van der Waals surface area contributed by atoms with Crippen LogP contribution in [-0.2, 0) is 23.0 Å². The first-order valence-electron chi connectivity index (χ1n) is 10.8. The Morgan fingerprint density at radius 1 is 1.25 bits per heavy atom. The lowest BCUT2D eigenvalue weighted by Gasteiger charge is -2.26. The molecule has 0 saturated heterocycles. The number of anilines is 1. The van der Waals surface area contributed by atoms with Gasteiger partial charge in [0.15, 0.2) is 16.5 Å². The highest BCUT2D eigenvalue weighted by molar-refractivity contribution is 7.92. The summed E-state index contributed by atoms with van der Waals surface area (Å²) in [5.74, 6) is -1.35. The van der Waals surface area contributed by atoms with Crippen LogP contribution in [0.5, 0.6) is 5.88 Å². The summed E-state index contributed by atoms with van der Waals surface area (Å²) < 4.78 is 65.4. The van der Waals surface area contributed by atoms with Crippen LogP contribution in [0.25, 0.3) is 11.5 Å². The lowest BCUT2D eigenvalue weighted by atomic mass is 9.89. The molecule has 1 aliphatic heterocycles. The van der Waals surface area contributed by atoms with Crippen LogP contribution in [-0.4, -0.2) is 45.2 Å². The van der Waals surface area contributed by atoms with Crippen LogP contribution in [0, 0.1) is 18.6 Å². The summed E-state index contributed by atoms with van der Waals surface area (Å²) in [6.07, 6.45) is 3.72. The molecule has 0 saturated carbocycles. The molecule has 1 aliphatic rings. The third kappa shape index (κ3) is 4.28. The second-order valence-corrected chi connectivity index (χ2v) is 10.4. The molecule has 36 heavy (non-hydrogen) atoms. The first-order chi connectivity index (χ1) is 17.2. The van der Waals surface area contributed by atoms with E-state index in [0.717, 1.165) is 23.9 Å². The van der Waals surface area contributed by atoms with Gasteiger partial charge in [-0.3, -0.25) is 4.72 Å². The molecule has 0 amide bonds. The van der Waals surface area contributed by atoms with Crippen molar-refractivity contribution in [1.29, 1.82) is 0 Å². The molecule has 4 heterocycles. The number of nitrogens with zero attached hydrogens (tertiary/aromatic N) is 5. The molecule has 5 rings (SSSR count). The number of aryl methyl sites for hydroxylation is 1. The topological polar surface area (TPSA) is 128 Å². The average molecular weight is 536 g/mol. The molecule has 0 radical (unpaired) electrons. The van der Waals surface area contributed by atoms with Crippen molar-refractivity contribution < 1.29 is 21.9 Å². The van der Waals surface area contributed by atoms with Gasteiger partial charge < -0.3 is 14.3 Å². The maximum absolute atomic E-state index is 15.6. The predicted molar refractivity (Wildman–Crippen MR) is 126 cm³/mol. The fourth-order valence-corrected chi connectivity index (χ4v) is 5.76. The Hall–Kier alpha value is -3.58. The Labute approximate surface area is 209 Å². The minimum atomic E-state index is -4.35. The average Bonchev–Trinajstić information content (AvgIpc) is 3.46. The number of pyridine rings is 1. The number of rotatable bonds is 6. The number of hydrogen-bond donors (Lipinski definition) is 2. The number of H-pyrrole nitrogens is 1. The zero-order chi connectivity index (χ0) is 25.6. The minimum Gasteiger partial charge on any atom is -0.480 e.